The van der Waals surface area contributed by atoms with Gasteiger partial charge in [-0.15, -0.1) is 11.3 Å². The van der Waals surface area contributed by atoms with Gasteiger partial charge in [-0.2, -0.15) is 0 Å². The predicted octanol–water partition coefficient (Wildman–Crippen LogP) is 5.64. The van der Waals surface area contributed by atoms with Crippen LogP contribution >= 0.6 is 11.3 Å². The number of benzene rings is 1. The molecule has 0 aliphatic heterocycles. The van der Waals surface area contributed by atoms with Crippen molar-refractivity contribution in [3.8, 4) is 11.1 Å². The molecule has 3 aromatic rings. The molecule has 0 saturated carbocycles. The van der Waals surface area contributed by atoms with Gasteiger partial charge < -0.3 is 9.30 Å². The van der Waals surface area contributed by atoms with Crippen LogP contribution in [0.25, 0.3) is 11.1 Å². The lowest BCUT2D eigenvalue weighted by molar-refractivity contribution is 0.151. The van der Waals surface area contributed by atoms with Gasteiger partial charge in [-0.3, -0.25) is 0 Å². The third-order valence-corrected chi connectivity index (χ3v) is 8.29. The summed E-state index contributed by atoms with van der Waals surface area (Å²) < 4.78 is 35.5. The average Bonchev–Trinajstić information content (AvgIpc) is 3.41. The van der Waals surface area contributed by atoms with Crippen LogP contribution in [0.1, 0.15) is 56.8 Å². The van der Waals surface area contributed by atoms with Gasteiger partial charge in [-0.05, 0) is 36.0 Å². The molecule has 3 rings (SSSR count). The number of thiophene rings is 1. The van der Waals surface area contributed by atoms with Crippen molar-refractivity contribution in [2.75, 3.05) is 6.61 Å². The minimum Gasteiger partial charge on any atom is -0.449 e. The molecule has 7 nitrogen and oxygen atoms in total. The molecule has 0 unspecified atom stereocenters. The molecule has 34 heavy (non-hydrogen) atoms. The van der Waals surface area contributed by atoms with E-state index < -0.39 is 16.1 Å². The van der Waals surface area contributed by atoms with E-state index in [2.05, 4.69) is 35.0 Å². The number of aryl methyl sites for hydroxylation is 1. The molecule has 0 bridgehead atoms. The quantitative estimate of drug-likeness (QED) is 0.342. The van der Waals surface area contributed by atoms with Crippen molar-refractivity contribution in [1.82, 2.24) is 14.3 Å². The van der Waals surface area contributed by atoms with E-state index in [-0.39, 0.29) is 10.8 Å². The molecule has 0 aliphatic rings. The van der Waals surface area contributed by atoms with Crippen molar-refractivity contribution in [2.45, 2.75) is 64.1 Å². The summed E-state index contributed by atoms with van der Waals surface area (Å²) >= 11 is 1.20. The number of hydrogen-bond donors (Lipinski definition) is 1. The van der Waals surface area contributed by atoms with Gasteiger partial charge in [0.15, 0.2) is 0 Å². The lowest BCUT2D eigenvalue weighted by Gasteiger charge is -2.10. The first-order chi connectivity index (χ1) is 16.2. The van der Waals surface area contributed by atoms with E-state index in [4.69, 9.17) is 4.74 Å². The van der Waals surface area contributed by atoms with Gasteiger partial charge >= 0.3 is 6.09 Å². The number of sulfonamides is 1. The third-order valence-electron chi connectivity index (χ3n) is 5.29. The summed E-state index contributed by atoms with van der Waals surface area (Å²) in [6.45, 7) is 9.10. The largest absolute Gasteiger partial charge is 0.449 e. The fourth-order valence-electron chi connectivity index (χ4n) is 3.61. The van der Waals surface area contributed by atoms with Crippen LogP contribution in [0, 0.1) is 5.92 Å². The normalized spacial score (nSPS) is 11.7. The summed E-state index contributed by atoms with van der Waals surface area (Å²) in [6.07, 6.45) is 5.96. The number of rotatable bonds is 11. The van der Waals surface area contributed by atoms with Gasteiger partial charge in [0.05, 0.1) is 6.61 Å². The number of unbranched alkanes of at least 4 members (excludes halogenated alkanes) is 1. The average molecular weight is 504 g/mol. The van der Waals surface area contributed by atoms with Crippen molar-refractivity contribution < 1.29 is 17.9 Å². The van der Waals surface area contributed by atoms with Gasteiger partial charge in [0, 0.05) is 35.8 Å². The molecular weight excluding hydrogens is 470 g/mol. The number of nitrogens with zero attached hydrogens (tertiary/aromatic N) is 2. The van der Waals surface area contributed by atoms with Crippen LogP contribution in [0.4, 0.5) is 4.79 Å². The Labute approximate surface area is 206 Å². The molecule has 0 saturated heterocycles. The first-order valence-corrected chi connectivity index (χ1v) is 13.9. The fourth-order valence-corrected chi connectivity index (χ4v) is 6.45. The molecule has 0 aliphatic carbocycles. The molecule has 0 spiro atoms. The molecular formula is C25H33N3O4S2. The van der Waals surface area contributed by atoms with E-state index in [9.17, 15) is 13.2 Å². The van der Waals surface area contributed by atoms with Crippen molar-refractivity contribution in [2.24, 2.45) is 5.92 Å². The number of carbonyl (C=O) groups is 1. The lowest BCUT2D eigenvalue weighted by atomic mass is 10.0. The number of hydrogen-bond acceptors (Lipinski definition) is 6. The Morgan fingerprint density at radius 2 is 1.94 bits per heavy atom. The highest BCUT2D eigenvalue weighted by Crippen LogP contribution is 2.36. The zero-order chi connectivity index (χ0) is 24.7. The van der Waals surface area contributed by atoms with Crippen LogP contribution in [-0.2, 0) is 34.1 Å². The van der Waals surface area contributed by atoms with Crippen molar-refractivity contribution in [1.29, 1.82) is 0 Å². The van der Waals surface area contributed by atoms with Gasteiger partial charge in [-0.1, -0.05) is 58.4 Å². The molecule has 0 radical (unpaired) electrons. The molecule has 2 heterocycles. The number of nitrogens with one attached hydrogen (secondary N) is 1. The van der Waals surface area contributed by atoms with Crippen molar-refractivity contribution >= 4 is 27.5 Å². The molecule has 0 fully saturated rings. The van der Waals surface area contributed by atoms with E-state index in [0.29, 0.717) is 24.4 Å². The predicted molar refractivity (Wildman–Crippen MR) is 136 cm³/mol. The van der Waals surface area contributed by atoms with Crippen LogP contribution < -0.4 is 4.72 Å². The fraction of sp³-hybridized carbons (Fsp3) is 0.440. The summed E-state index contributed by atoms with van der Waals surface area (Å²) in [6, 6.07) is 9.77. The number of imidazole rings is 1. The second kappa shape index (κ2) is 11.7. The summed E-state index contributed by atoms with van der Waals surface area (Å²) in [5, 5.41) is 0. The first-order valence-electron chi connectivity index (χ1n) is 11.6. The smallest absolute Gasteiger partial charge is 0.421 e. The Morgan fingerprint density at radius 3 is 2.59 bits per heavy atom. The van der Waals surface area contributed by atoms with E-state index in [1.54, 1.807) is 6.20 Å². The Kier molecular flexibility index (Phi) is 8.90. The molecule has 184 valence electrons. The topological polar surface area (TPSA) is 90.3 Å². The van der Waals surface area contributed by atoms with Crippen LogP contribution in [-0.4, -0.2) is 30.7 Å². The van der Waals surface area contributed by atoms with Crippen LogP contribution in [0.15, 0.2) is 46.9 Å². The molecule has 1 aromatic carbocycles. The summed E-state index contributed by atoms with van der Waals surface area (Å²) in [5.74, 6) is 1.39. The second-order valence-corrected chi connectivity index (χ2v) is 11.6. The molecule has 2 aromatic heterocycles. The SMILES string of the molecule is CCCCOC(=O)NS(=O)(=O)c1sc(CC(C)C)cc1-c1ccc(Cn2ccnc2CC)cc1. The van der Waals surface area contributed by atoms with Gasteiger partial charge in [0.25, 0.3) is 10.0 Å². The summed E-state index contributed by atoms with van der Waals surface area (Å²) in [4.78, 5) is 17.4. The van der Waals surface area contributed by atoms with Crippen LogP contribution in [0.5, 0.6) is 0 Å². The van der Waals surface area contributed by atoms with Crippen molar-refractivity contribution in [3.05, 3.63) is 59.0 Å². The highest BCUT2D eigenvalue weighted by molar-refractivity contribution is 7.92. The maximum absolute atomic E-state index is 13.1. The van der Waals surface area contributed by atoms with E-state index in [0.717, 1.165) is 41.1 Å². The maximum atomic E-state index is 13.1. The van der Waals surface area contributed by atoms with E-state index >= 15 is 0 Å². The molecule has 1 amide bonds. The van der Waals surface area contributed by atoms with Crippen LogP contribution in [0.3, 0.4) is 0 Å². The Balaban J connectivity index is 1.88. The van der Waals surface area contributed by atoms with Gasteiger partial charge in [-0.25, -0.2) is 22.9 Å². The summed E-state index contributed by atoms with van der Waals surface area (Å²) in [7, 11) is -4.07. The highest BCUT2D eigenvalue weighted by atomic mass is 32.2. The maximum Gasteiger partial charge on any atom is 0.421 e. The number of aromatic nitrogens is 2. The third kappa shape index (κ3) is 6.70. The minimum absolute atomic E-state index is 0.131. The minimum atomic E-state index is -4.07. The first kappa shape index (κ1) is 26.0. The number of amides is 1. The zero-order valence-electron chi connectivity index (χ0n) is 20.2. The second-order valence-electron chi connectivity index (χ2n) is 8.63. The van der Waals surface area contributed by atoms with Crippen LogP contribution in [0.2, 0.25) is 0 Å². The lowest BCUT2D eigenvalue weighted by Crippen LogP contribution is -2.31. The molecule has 9 heteroatoms. The highest BCUT2D eigenvalue weighted by Gasteiger charge is 2.26. The summed E-state index contributed by atoms with van der Waals surface area (Å²) in [5.41, 5.74) is 2.48. The molecule has 1 N–H and O–H groups in total. The molecule has 0 atom stereocenters. The zero-order valence-corrected chi connectivity index (χ0v) is 21.8. The Bertz CT molecular complexity index is 1200. The van der Waals surface area contributed by atoms with E-state index in [1.165, 1.54) is 11.3 Å². The van der Waals surface area contributed by atoms with Gasteiger partial charge in [0.2, 0.25) is 0 Å². The Hall–Kier alpha value is -2.65. The monoisotopic (exact) mass is 503 g/mol. The number of ether oxygens (including phenoxy) is 1. The number of carbonyl (C=O) groups excluding carboxylic acids is 1. The van der Waals surface area contributed by atoms with Crippen molar-refractivity contribution in [3.63, 3.8) is 0 Å². The standard InChI is InChI=1S/C25H33N3O4S2/c1-5-7-14-32-25(29)27-34(30,31)24-22(16-21(33-24)15-18(3)4)20-10-8-19(9-11-20)17-28-13-12-26-23(28)6-2/h8-13,16,18H,5-7,14-15,17H2,1-4H3,(H,27,29). The van der Waals surface area contributed by atoms with E-state index in [1.807, 2.05) is 43.5 Å². The van der Waals surface area contributed by atoms with Gasteiger partial charge in [0.1, 0.15) is 10.0 Å². The Morgan fingerprint density at radius 1 is 1.21 bits per heavy atom.